The van der Waals surface area contributed by atoms with Crippen molar-refractivity contribution in [3.63, 3.8) is 0 Å². The SMILES string of the molecule is COc1ccc(N2C[C@H](C(=O)NCc3cc(C)nn3C)CC2=O)cc1Cl. The minimum atomic E-state index is -0.391. The van der Waals surface area contributed by atoms with Crippen molar-refractivity contribution in [2.75, 3.05) is 18.6 Å². The van der Waals surface area contributed by atoms with Crippen LogP contribution in [0.1, 0.15) is 17.8 Å². The third-order valence-corrected chi connectivity index (χ3v) is 4.78. The molecule has 26 heavy (non-hydrogen) atoms. The molecule has 1 saturated heterocycles. The van der Waals surface area contributed by atoms with E-state index in [1.54, 1.807) is 27.8 Å². The highest BCUT2D eigenvalue weighted by molar-refractivity contribution is 6.32. The average Bonchev–Trinajstić information content (AvgIpc) is 3.14. The van der Waals surface area contributed by atoms with E-state index in [0.717, 1.165) is 11.4 Å². The molecule has 3 rings (SSSR count). The number of hydrogen-bond acceptors (Lipinski definition) is 4. The number of anilines is 1. The van der Waals surface area contributed by atoms with E-state index in [-0.39, 0.29) is 18.2 Å². The quantitative estimate of drug-likeness (QED) is 0.866. The van der Waals surface area contributed by atoms with E-state index in [9.17, 15) is 9.59 Å². The summed E-state index contributed by atoms with van der Waals surface area (Å²) in [5.74, 6) is -0.0809. The van der Waals surface area contributed by atoms with Crippen molar-refractivity contribution < 1.29 is 14.3 Å². The standard InChI is InChI=1S/C18H21ClN4O3/c1-11-6-14(22(2)21-11)9-20-18(25)12-7-17(24)23(10-12)13-4-5-16(26-3)15(19)8-13/h4-6,8,12H,7,9-10H2,1-3H3,(H,20,25)/t12-/m1/s1. The van der Waals surface area contributed by atoms with E-state index in [1.807, 2.05) is 20.0 Å². The van der Waals surface area contributed by atoms with Gasteiger partial charge >= 0.3 is 0 Å². The molecular weight excluding hydrogens is 356 g/mol. The first-order valence-corrected chi connectivity index (χ1v) is 8.68. The Balaban J connectivity index is 1.64. The van der Waals surface area contributed by atoms with Crippen LogP contribution in [-0.2, 0) is 23.2 Å². The lowest BCUT2D eigenvalue weighted by atomic mass is 10.1. The third-order valence-electron chi connectivity index (χ3n) is 4.49. The van der Waals surface area contributed by atoms with Crippen LogP contribution < -0.4 is 15.0 Å². The number of nitrogens with one attached hydrogen (secondary N) is 1. The van der Waals surface area contributed by atoms with Gasteiger partial charge in [0.05, 0.1) is 36.0 Å². The Bertz CT molecular complexity index is 849. The number of aromatic nitrogens is 2. The topological polar surface area (TPSA) is 76.5 Å². The first kappa shape index (κ1) is 18.3. The summed E-state index contributed by atoms with van der Waals surface area (Å²) in [4.78, 5) is 26.4. The molecule has 2 amide bonds. The first-order valence-electron chi connectivity index (χ1n) is 8.30. The highest BCUT2D eigenvalue weighted by Crippen LogP contribution is 2.32. The van der Waals surface area contributed by atoms with Crippen LogP contribution in [0.2, 0.25) is 5.02 Å². The van der Waals surface area contributed by atoms with Crippen LogP contribution in [-0.4, -0.2) is 35.2 Å². The Hall–Kier alpha value is -2.54. The van der Waals surface area contributed by atoms with Gasteiger partial charge in [-0.1, -0.05) is 11.6 Å². The molecule has 1 N–H and O–H groups in total. The van der Waals surface area contributed by atoms with Crippen LogP contribution in [0.4, 0.5) is 5.69 Å². The molecule has 2 aromatic rings. The molecule has 1 aliphatic heterocycles. The second kappa shape index (κ2) is 7.37. The average molecular weight is 377 g/mol. The van der Waals surface area contributed by atoms with Gasteiger partial charge in [0, 0.05) is 25.7 Å². The van der Waals surface area contributed by atoms with E-state index < -0.39 is 5.92 Å². The van der Waals surface area contributed by atoms with Gasteiger partial charge in [0.1, 0.15) is 5.75 Å². The van der Waals surface area contributed by atoms with Crippen LogP contribution in [0.5, 0.6) is 5.75 Å². The maximum atomic E-state index is 12.5. The summed E-state index contributed by atoms with van der Waals surface area (Å²) >= 11 is 6.14. The molecule has 0 unspecified atom stereocenters. The molecule has 1 aromatic heterocycles. The van der Waals surface area contributed by atoms with Gasteiger partial charge in [-0.25, -0.2) is 0 Å². The molecule has 0 spiro atoms. The fourth-order valence-electron chi connectivity index (χ4n) is 3.11. The predicted molar refractivity (Wildman–Crippen MR) is 98.3 cm³/mol. The van der Waals surface area contributed by atoms with E-state index in [4.69, 9.17) is 16.3 Å². The number of nitrogens with zero attached hydrogens (tertiary/aromatic N) is 3. The number of methoxy groups -OCH3 is 1. The fourth-order valence-corrected chi connectivity index (χ4v) is 3.36. The van der Waals surface area contributed by atoms with Crippen molar-refractivity contribution in [2.45, 2.75) is 19.9 Å². The van der Waals surface area contributed by atoms with Gasteiger partial charge in [0.2, 0.25) is 11.8 Å². The molecule has 1 aromatic carbocycles. The van der Waals surface area contributed by atoms with E-state index in [1.165, 1.54) is 7.11 Å². The maximum Gasteiger partial charge on any atom is 0.227 e. The fraction of sp³-hybridized carbons (Fsp3) is 0.389. The summed E-state index contributed by atoms with van der Waals surface area (Å²) in [6, 6.07) is 7.08. The lowest BCUT2D eigenvalue weighted by Gasteiger charge is -2.18. The van der Waals surface area contributed by atoms with Gasteiger partial charge in [-0.05, 0) is 31.2 Å². The summed E-state index contributed by atoms with van der Waals surface area (Å²) in [7, 11) is 3.37. The van der Waals surface area contributed by atoms with Gasteiger partial charge in [0.15, 0.2) is 0 Å². The number of halogens is 1. The largest absolute Gasteiger partial charge is 0.495 e. The van der Waals surface area contributed by atoms with Crippen molar-refractivity contribution in [2.24, 2.45) is 13.0 Å². The number of rotatable bonds is 5. The second-order valence-corrected chi connectivity index (χ2v) is 6.75. The molecule has 1 aliphatic rings. The molecule has 138 valence electrons. The van der Waals surface area contributed by atoms with Crippen LogP contribution in [0.25, 0.3) is 0 Å². The highest BCUT2D eigenvalue weighted by Gasteiger charge is 2.35. The monoisotopic (exact) mass is 376 g/mol. The van der Waals surface area contributed by atoms with Crippen LogP contribution in [0, 0.1) is 12.8 Å². The molecule has 0 bridgehead atoms. The molecule has 0 aliphatic carbocycles. The molecule has 7 nitrogen and oxygen atoms in total. The highest BCUT2D eigenvalue weighted by atomic mass is 35.5. The normalized spacial score (nSPS) is 16.8. The van der Waals surface area contributed by atoms with E-state index in [2.05, 4.69) is 10.4 Å². The van der Waals surface area contributed by atoms with E-state index >= 15 is 0 Å². The van der Waals surface area contributed by atoms with Crippen molar-refractivity contribution in [1.82, 2.24) is 15.1 Å². The van der Waals surface area contributed by atoms with Gasteiger partial charge in [-0.3, -0.25) is 14.3 Å². The number of carbonyl (C=O) groups excluding carboxylic acids is 2. The smallest absolute Gasteiger partial charge is 0.227 e. The number of hydrogen-bond donors (Lipinski definition) is 1. The summed E-state index contributed by atoms with van der Waals surface area (Å²) in [5, 5.41) is 7.57. The molecule has 1 fully saturated rings. The molecular formula is C18H21ClN4O3. The predicted octanol–water partition coefficient (Wildman–Crippen LogP) is 2.06. The van der Waals surface area contributed by atoms with Crippen molar-refractivity contribution in [1.29, 1.82) is 0 Å². The molecule has 0 saturated carbocycles. The number of amides is 2. The van der Waals surface area contributed by atoms with Gasteiger partial charge in [-0.2, -0.15) is 5.10 Å². The zero-order chi connectivity index (χ0) is 18.8. The molecule has 8 heteroatoms. The minimum absolute atomic E-state index is 0.0947. The first-order chi connectivity index (χ1) is 12.4. The van der Waals surface area contributed by atoms with Crippen molar-refractivity contribution in [3.05, 3.63) is 40.7 Å². The van der Waals surface area contributed by atoms with Crippen LogP contribution in [0.15, 0.2) is 24.3 Å². The maximum absolute atomic E-state index is 12.5. The van der Waals surface area contributed by atoms with Gasteiger partial charge < -0.3 is 15.0 Å². The Morgan fingerprint density at radius 2 is 2.19 bits per heavy atom. The number of benzene rings is 1. The van der Waals surface area contributed by atoms with Gasteiger partial charge in [0.25, 0.3) is 0 Å². The lowest BCUT2D eigenvalue weighted by molar-refractivity contribution is -0.126. The zero-order valence-electron chi connectivity index (χ0n) is 15.0. The number of aryl methyl sites for hydroxylation is 2. The third kappa shape index (κ3) is 3.67. The Morgan fingerprint density at radius 1 is 1.42 bits per heavy atom. The summed E-state index contributed by atoms with van der Waals surface area (Å²) < 4.78 is 6.86. The van der Waals surface area contributed by atoms with Crippen molar-refractivity contribution in [3.8, 4) is 5.75 Å². The molecule has 1 atom stereocenters. The Morgan fingerprint density at radius 3 is 2.81 bits per heavy atom. The molecule has 2 heterocycles. The Labute approximate surface area is 156 Å². The van der Waals surface area contributed by atoms with Crippen LogP contribution in [0.3, 0.4) is 0 Å². The lowest BCUT2D eigenvalue weighted by Crippen LogP contribution is -2.33. The van der Waals surface area contributed by atoms with E-state index in [0.29, 0.717) is 29.5 Å². The Kier molecular flexibility index (Phi) is 5.18. The molecule has 0 radical (unpaired) electrons. The van der Waals surface area contributed by atoms with Crippen LogP contribution >= 0.6 is 11.6 Å². The summed E-state index contributed by atoms with van der Waals surface area (Å²) in [6.07, 6.45) is 0.180. The summed E-state index contributed by atoms with van der Waals surface area (Å²) in [5.41, 5.74) is 2.48. The van der Waals surface area contributed by atoms with Crippen molar-refractivity contribution >= 4 is 29.1 Å². The second-order valence-electron chi connectivity index (χ2n) is 6.34. The summed E-state index contributed by atoms with van der Waals surface area (Å²) in [6.45, 7) is 2.62. The number of ether oxygens (including phenoxy) is 1. The van der Waals surface area contributed by atoms with Gasteiger partial charge in [-0.15, -0.1) is 0 Å². The zero-order valence-corrected chi connectivity index (χ0v) is 15.7. The minimum Gasteiger partial charge on any atom is -0.495 e. The number of carbonyl (C=O) groups is 2.